The third kappa shape index (κ3) is 3.22. The van der Waals surface area contributed by atoms with Gasteiger partial charge in [-0.3, -0.25) is 4.79 Å². The molecule has 0 N–H and O–H groups in total. The molecule has 1 aliphatic rings. The Labute approximate surface area is 107 Å². The lowest BCUT2D eigenvalue weighted by molar-refractivity contribution is -0.133. The van der Waals surface area contributed by atoms with Crippen LogP contribution < -0.4 is 0 Å². The molecule has 0 bridgehead atoms. The van der Waals surface area contributed by atoms with Gasteiger partial charge in [0.25, 0.3) is 0 Å². The van der Waals surface area contributed by atoms with E-state index in [-0.39, 0.29) is 13.1 Å². The lowest BCUT2D eigenvalue weighted by atomic mass is 10.2. The van der Waals surface area contributed by atoms with Gasteiger partial charge in [-0.15, -0.1) is 6.42 Å². The summed E-state index contributed by atoms with van der Waals surface area (Å²) in [4.78, 5) is 13.4. The summed E-state index contributed by atoms with van der Waals surface area (Å²) < 4.78 is 24.2. The van der Waals surface area contributed by atoms with E-state index in [0.717, 1.165) is 6.26 Å². The molecule has 0 aromatic carbocycles. The average molecular weight is 269 g/mol. The summed E-state index contributed by atoms with van der Waals surface area (Å²) in [5, 5.41) is 8.64. The molecule has 0 aliphatic carbocycles. The topological polar surface area (TPSA) is 81.5 Å². The van der Waals surface area contributed by atoms with Crippen molar-refractivity contribution in [3.05, 3.63) is 0 Å². The number of hydrogen-bond donors (Lipinski definition) is 0. The van der Waals surface area contributed by atoms with Crippen LogP contribution in [0.25, 0.3) is 0 Å². The summed E-state index contributed by atoms with van der Waals surface area (Å²) in [5.74, 6) is 1.91. The molecule has 0 unspecified atom stereocenters. The minimum Gasteiger partial charge on any atom is -0.317 e. The molecule has 98 valence electrons. The summed E-state index contributed by atoms with van der Waals surface area (Å²) in [5.41, 5.74) is 0. The summed E-state index contributed by atoms with van der Waals surface area (Å²) in [6.07, 6.45) is 7.32. The van der Waals surface area contributed by atoms with Crippen molar-refractivity contribution in [1.29, 1.82) is 5.26 Å². The molecular formula is C11H15N3O3S. The molecule has 0 aromatic heterocycles. The number of nitrogens with zero attached hydrogens (tertiary/aromatic N) is 3. The first-order chi connectivity index (χ1) is 8.41. The summed E-state index contributed by atoms with van der Waals surface area (Å²) >= 11 is 0. The van der Waals surface area contributed by atoms with Crippen molar-refractivity contribution >= 4 is 15.9 Å². The Kier molecular flexibility index (Phi) is 4.71. The molecule has 6 nitrogen and oxygen atoms in total. The maximum Gasteiger partial charge on any atom is 0.242 e. The second kappa shape index (κ2) is 5.85. The number of hydrogen-bond acceptors (Lipinski definition) is 4. The number of amides is 1. The van der Waals surface area contributed by atoms with E-state index in [2.05, 4.69) is 5.92 Å². The zero-order chi connectivity index (χ0) is 13.8. The van der Waals surface area contributed by atoms with Crippen LogP contribution in [-0.2, 0) is 14.8 Å². The fraction of sp³-hybridized carbons (Fsp3) is 0.636. The van der Waals surface area contributed by atoms with E-state index >= 15 is 0 Å². The highest BCUT2D eigenvalue weighted by molar-refractivity contribution is 7.88. The zero-order valence-corrected chi connectivity index (χ0v) is 11.0. The molecule has 1 saturated heterocycles. The Hall–Kier alpha value is -1.57. The molecule has 18 heavy (non-hydrogen) atoms. The third-order valence-electron chi connectivity index (χ3n) is 2.77. The lowest BCUT2D eigenvalue weighted by Gasteiger charge is -2.26. The van der Waals surface area contributed by atoms with E-state index in [0.29, 0.717) is 19.4 Å². The Morgan fingerprint density at radius 2 is 2.22 bits per heavy atom. The zero-order valence-electron chi connectivity index (χ0n) is 10.2. The fourth-order valence-corrected chi connectivity index (χ4v) is 3.12. The van der Waals surface area contributed by atoms with Crippen molar-refractivity contribution in [3.8, 4) is 18.4 Å². The molecule has 0 saturated carbocycles. The van der Waals surface area contributed by atoms with Crippen LogP contribution >= 0.6 is 0 Å². The number of terminal acetylenes is 1. The quantitative estimate of drug-likeness (QED) is 0.504. The molecule has 1 atom stereocenters. The maximum absolute atomic E-state index is 12.2. The molecule has 0 aromatic rings. The van der Waals surface area contributed by atoms with E-state index in [1.54, 1.807) is 0 Å². The molecule has 1 rings (SSSR count). The smallest absolute Gasteiger partial charge is 0.242 e. The molecule has 1 amide bonds. The first kappa shape index (κ1) is 14.5. The van der Waals surface area contributed by atoms with Crippen molar-refractivity contribution in [2.45, 2.75) is 18.9 Å². The van der Waals surface area contributed by atoms with E-state index in [9.17, 15) is 13.2 Å². The summed E-state index contributed by atoms with van der Waals surface area (Å²) in [7, 11) is -3.41. The van der Waals surface area contributed by atoms with Crippen LogP contribution in [0, 0.1) is 23.7 Å². The van der Waals surface area contributed by atoms with Crippen LogP contribution in [0.5, 0.6) is 0 Å². The van der Waals surface area contributed by atoms with Crippen molar-refractivity contribution in [2.24, 2.45) is 0 Å². The number of carbonyl (C=O) groups excluding carboxylic acids is 1. The van der Waals surface area contributed by atoms with E-state index in [1.807, 2.05) is 6.07 Å². The maximum atomic E-state index is 12.2. The molecule has 0 radical (unpaired) electrons. The van der Waals surface area contributed by atoms with Crippen LogP contribution in [0.4, 0.5) is 0 Å². The highest BCUT2D eigenvalue weighted by atomic mass is 32.2. The van der Waals surface area contributed by atoms with E-state index < -0.39 is 22.0 Å². The van der Waals surface area contributed by atoms with Crippen LogP contribution in [0.1, 0.15) is 12.8 Å². The van der Waals surface area contributed by atoms with Gasteiger partial charge >= 0.3 is 0 Å². The fourth-order valence-electron chi connectivity index (χ4n) is 2.00. The van der Waals surface area contributed by atoms with Crippen LogP contribution in [0.3, 0.4) is 0 Å². The molecular weight excluding hydrogens is 254 g/mol. The Morgan fingerprint density at radius 3 is 2.72 bits per heavy atom. The average Bonchev–Trinajstić information content (AvgIpc) is 2.76. The highest BCUT2D eigenvalue weighted by Gasteiger charge is 2.38. The minimum absolute atomic E-state index is 0.0144. The van der Waals surface area contributed by atoms with Crippen molar-refractivity contribution in [2.75, 3.05) is 25.9 Å². The predicted molar refractivity (Wildman–Crippen MR) is 65.6 cm³/mol. The van der Waals surface area contributed by atoms with Gasteiger partial charge in [0.05, 0.1) is 18.9 Å². The molecule has 1 aliphatic heterocycles. The second-order valence-electron chi connectivity index (χ2n) is 4.09. The number of rotatable bonds is 4. The van der Waals surface area contributed by atoms with Gasteiger partial charge in [-0.25, -0.2) is 8.42 Å². The van der Waals surface area contributed by atoms with Gasteiger partial charge < -0.3 is 4.90 Å². The first-order valence-electron chi connectivity index (χ1n) is 5.48. The normalized spacial score (nSPS) is 20.1. The van der Waals surface area contributed by atoms with Crippen LogP contribution in [0.2, 0.25) is 0 Å². The number of nitriles is 1. The first-order valence-corrected chi connectivity index (χ1v) is 7.32. The minimum atomic E-state index is -3.41. The van der Waals surface area contributed by atoms with Gasteiger partial charge in [-0.1, -0.05) is 5.92 Å². The van der Waals surface area contributed by atoms with Gasteiger partial charge in [0.2, 0.25) is 15.9 Å². The van der Waals surface area contributed by atoms with Crippen molar-refractivity contribution in [1.82, 2.24) is 9.21 Å². The van der Waals surface area contributed by atoms with Crippen LogP contribution in [0.15, 0.2) is 0 Å². The number of carbonyl (C=O) groups is 1. The third-order valence-corrected chi connectivity index (χ3v) is 4.06. The SMILES string of the molecule is C#CCN(CC#N)C(=O)[C@@H]1CCCN1S(C)(=O)=O. The molecule has 0 spiro atoms. The van der Waals surface area contributed by atoms with Crippen LogP contribution in [-0.4, -0.2) is 55.5 Å². The number of sulfonamides is 1. The van der Waals surface area contributed by atoms with Gasteiger partial charge in [0.1, 0.15) is 12.6 Å². The van der Waals surface area contributed by atoms with E-state index in [1.165, 1.54) is 9.21 Å². The predicted octanol–water partition coefficient (Wildman–Crippen LogP) is -0.604. The Balaban J connectivity index is 2.89. The van der Waals surface area contributed by atoms with E-state index in [4.69, 9.17) is 11.7 Å². The second-order valence-corrected chi connectivity index (χ2v) is 6.02. The largest absolute Gasteiger partial charge is 0.317 e. The van der Waals surface area contributed by atoms with Gasteiger partial charge in [0, 0.05) is 6.54 Å². The summed E-state index contributed by atoms with van der Waals surface area (Å²) in [6.45, 7) is 0.226. The lowest BCUT2D eigenvalue weighted by Crippen LogP contribution is -2.47. The van der Waals surface area contributed by atoms with Crippen molar-refractivity contribution < 1.29 is 13.2 Å². The van der Waals surface area contributed by atoms with Crippen molar-refractivity contribution in [3.63, 3.8) is 0 Å². The standard InChI is InChI=1S/C11H15N3O3S/c1-3-7-13(9-6-12)11(15)10-5-4-8-14(10)18(2,16)17/h1,10H,4-5,7-9H2,2H3/t10-/m0/s1. The van der Waals surface area contributed by atoms with Gasteiger partial charge in [0.15, 0.2) is 0 Å². The Morgan fingerprint density at radius 1 is 1.56 bits per heavy atom. The van der Waals surface area contributed by atoms with Gasteiger partial charge in [-0.2, -0.15) is 9.57 Å². The molecule has 1 fully saturated rings. The summed E-state index contributed by atoms with van der Waals surface area (Å²) in [6, 6.07) is 1.13. The molecule has 1 heterocycles. The van der Waals surface area contributed by atoms with Gasteiger partial charge in [-0.05, 0) is 12.8 Å². The monoisotopic (exact) mass is 269 g/mol. The Bertz CT molecular complexity index is 485. The molecule has 7 heteroatoms. The highest BCUT2D eigenvalue weighted by Crippen LogP contribution is 2.22.